The smallest absolute Gasteiger partial charge is 0.417 e. The van der Waals surface area contributed by atoms with E-state index in [9.17, 15) is 23.1 Å². The van der Waals surface area contributed by atoms with Crippen LogP contribution in [0.2, 0.25) is 0 Å². The molecule has 15 nitrogen and oxygen atoms in total. The molecule has 0 unspecified atom stereocenters. The lowest BCUT2D eigenvalue weighted by molar-refractivity contribution is 0.0184. The lowest BCUT2D eigenvalue weighted by atomic mass is 10.1. The first-order valence-corrected chi connectivity index (χ1v) is 17.1. The molecule has 16 heteroatoms. The first-order valence-electron chi connectivity index (χ1n) is 15.6. The predicted molar refractivity (Wildman–Crippen MR) is 174 cm³/mol. The number of rotatable bonds is 6. The monoisotopic (exact) mass is 665 g/mol. The third kappa shape index (κ3) is 6.52. The number of carbonyl (C=O) groups is 2. The van der Waals surface area contributed by atoms with E-state index in [0.717, 1.165) is 29.6 Å². The Morgan fingerprint density at radius 3 is 2.43 bits per heavy atom. The zero-order chi connectivity index (χ0) is 33.7. The molecule has 0 radical (unpaired) electrons. The Morgan fingerprint density at radius 1 is 1.04 bits per heavy atom. The minimum atomic E-state index is -3.78. The normalized spacial score (nSPS) is 17.9. The maximum atomic E-state index is 12.9. The highest BCUT2D eigenvalue weighted by molar-refractivity contribution is 7.89. The summed E-state index contributed by atoms with van der Waals surface area (Å²) >= 11 is 0. The van der Waals surface area contributed by atoms with Crippen molar-refractivity contribution in [1.82, 2.24) is 39.2 Å². The number of amides is 1. The fourth-order valence-corrected chi connectivity index (χ4v) is 6.96. The van der Waals surface area contributed by atoms with Gasteiger partial charge < -0.3 is 19.6 Å². The number of hydrogen-bond acceptors (Lipinski definition) is 10. The summed E-state index contributed by atoms with van der Waals surface area (Å²) in [4.78, 5) is 37.9. The number of nitrogens with one attached hydrogen (secondary N) is 1. The lowest BCUT2D eigenvalue weighted by Crippen LogP contribution is -2.42. The maximum absolute atomic E-state index is 12.9. The lowest BCUT2D eigenvalue weighted by Gasteiger charge is -2.33. The number of hydrogen-bond donors (Lipinski definition) is 2. The molecule has 1 amide bonds. The Labute approximate surface area is 272 Å². The summed E-state index contributed by atoms with van der Waals surface area (Å²) < 4.78 is 36.5. The van der Waals surface area contributed by atoms with Gasteiger partial charge in [0, 0.05) is 43.1 Å². The van der Waals surface area contributed by atoms with Gasteiger partial charge in [0.1, 0.15) is 16.8 Å². The van der Waals surface area contributed by atoms with E-state index in [2.05, 4.69) is 31.8 Å². The highest BCUT2D eigenvalue weighted by Gasteiger charge is 2.29. The van der Waals surface area contributed by atoms with E-state index < -0.39 is 21.7 Å². The van der Waals surface area contributed by atoms with E-state index in [1.165, 1.54) is 19.4 Å². The molecule has 2 fully saturated rings. The molecular weight excluding hydrogens is 626 g/mol. The number of nitrogens with zero attached hydrogens (tertiary/aromatic N) is 8. The van der Waals surface area contributed by atoms with Crippen molar-refractivity contribution < 1.29 is 27.9 Å². The second-order valence-corrected chi connectivity index (χ2v) is 14.9. The third-order valence-corrected chi connectivity index (χ3v) is 10.0. The molecule has 0 saturated carbocycles. The second-order valence-electron chi connectivity index (χ2n) is 13.0. The van der Waals surface area contributed by atoms with Gasteiger partial charge in [0.05, 0.1) is 34.6 Å². The molecule has 4 aromatic rings. The Morgan fingerprint density at radius 2 is 1.79 bits per heavy atom. The summed E-state index contributed by atoms with van der Waals surface area (Å²) in [6.45, 7) is 9.42. The fourth-order valence-electron chi connectivity index (χ4n) is 6.17. The van der Waals surface area contributed by atoms with E-state index in [1.54, 1.807) is 27.9 Å². The van der Waals surface area contributed by atoms with Crippen LogP contribution in [0.15, 0.2) is 41.7 Å². The highest BCUT2D eigenvalue weighted by atomic mass is 32.2. The van der Waals surface area contributed by atoms with E-state index in [4.69, 9.17) is 9.72 Å². The van der Waals surface area contributed by atoms with Gasteiger partial charge in [-0.3, -0.25) is 0 Å². The second kappa shape index (κ2) is 12.2. The zero-order valence-corrected chi connectivity index (χ0v) is 27.9. The molecule has 0 aliphatic carbocycles. The summed E-state index contributed by atoms with van der Waals surface area (Å²) in [5.74, 6) is 0. The van der Waals surface area contributed by atoms with Crippen LogP contribution in [0.3, 0.4) is 0 Å². The largest absolute Gasteiger partial charge is 0.464 e. The molecule has 1 atom stereocenters. The first kappa shape index (κ1) is 32.4. The van der Waals surface area contributed by atoms with E-state index >= 15 is 0 Å². The van der Waals surface area contributed by atoms with Gasteiger partial charge in [-0.15, -0.1) is 5.10 Å². The molecule has 3 aromatic heterocycles. The quantitative estimate of drug-likeness (QED) is 0.299. The van der Waals surface area contributed by atoms with Gasteiger partial charge >= 0.3 is 12.2 Å². The maximum Gasteiger partial charge on any atom is 0.417 e. The number of likely N-dealkylation sites (tertiary alicyclic amines) is 1. The molecule has 47 heavy (non-hydrogen) atoms. The number of sulfonamides is 1. The Hall–Kier alpha value is -4.57. The van der Waals surface area contributed by atoms with Crippen molar-refractivity contribution in [2.24, 2.45) is 0 Å². The summed E-state index contributed by atoms with van der Waals surface area (Å²) in [7, 11) is -2.41. The standard InChI is InChI=1S/C31H39N9O6S/c1-19-7-6-10-38(19)22-13-20(14-23(15-22)47(44,45)32-5)25-16-33-28-27(34-25)24(17-39(28)29(41)42)26-18-40(36-35-26)21-8-11-37(12-9-21)30(43)46-31(2,3)4/h13-19,21,32H,6-12H2,1-5H3,(H,41,42)/t19-/m1/s1. The Bertz CT molecular complexity index is 1940. The highest BCUT2D eigenvalue weighted by Crippen LogP contribution is 2.35. The number of benzene rings is 1. The van der Waals surface area contributed by atoms with Gasteiger partial charge in [-0.05, 0) is 78.6 Å². The van der Waals surface area contributed by atoms with Crippen LogP contribution in [-0.4, -0.2) is 98.5 Å². The van der Waals surface area contributed by atoms with Gasteiger partial charge in [0.15, 0.2) is 5.65 Å². The van der Waals surface area contributed by atoms with E-state index in [1.807, 2.05) is 26.8 Å². The summed E-state index contributed by atoms with van der Waals surface area (Å²) in [6.07, 6.45) is 6.31. The molecule has 250 valence electrons. The zero-order valence-electron chi connectivity index (χ0n) is 27.0. The number of piperidine rings is 1. The minimum Gasteiger partial charge on any atom is -0.464 e. The van der Waals surface area contributed by atoms with Crippen LogP contribution in [0.5, 0.6) is 0 Å². The van der Waals surface area contributed by atoms with Crippen molar-refractivity contribution in [3.63, 3.8) is 0 Å². The Kier molecular flexibility index (Phi) is 8.42. The van der Waals surface area contributed by atoms with Crippen LogP contribution in [0.1, 0.15) is 59.4 Å². The van der Waals surface area contributed by atoms with Crippen molar-refractivity contribution in [2.45, 2.75) is 76.0 Å². The number of ether oxygens (including phenoxy) is 1. The molecular formula is C31H39N9O6S. The van der Waals surface area contributed by atoms with Gasteiger partial charge in [-0.2, -0.15) is 0 Å². The Balaban J connectivity index is 1.35. The molecule has 0 bridgehead atoms. The average Bonchev–Trinajstić information content (AvgIpc) is 3.78. The van der Waals surface area contributed by atoms with Gasteiger partial charge in [-0.25, -0.2) is 41.9 Å². The topological polar surface area (TPSA) is 178 Å². The number of fused-ring (bicyclic) bond motifs is 1. The molecule has 6 rings (SSSR count). The molecule has 2 aliphatic rings. The van der Waals surface area contributed by atoms with Gasteiger partial charge in [0.25, 0.3) is 0 Å². The van der Waals surface area contributed by atoms with E-state index in [-0.39, 0.29) is 34.2 Å². The van der Waals surface area contributed by atoms with Crippen molar-refractivity contribution >= 4 is 39.1 Å². The number of aromatic nitrogens is 6. The average molecular weight is 666 g/mol. The van der Waals surface area contributed by atoms with Crippen molar-refractivity contribution in [3.8, 4) is 22.5 Å². The summed E-state index contributed by atoms with van der Waals surface area (Å²) in [5, 5.41) is 18.7. The number of carbonyl (C=O) groups excluding carboxylic acids is 1. The predicted octanol–water partition coefficient (Wildman–Crippen LogP) is 4.35. The van der Waals surface area contributed by atoms with Crippen molar-refractivity contribution in [1.29, 1.82) is 0 Å². The van der Waals surface area contributed by atoms with Crippen LogP contribution in [0, 0.1) is 0 Å². The van der Waals surface area contributed by atoms with E-state index in [0.29, 0.717) is 48.4 Å². The van der Waals surface area contributed by atoms with Gasteiger partial charge in [-0.1, -0.05) is 5.21 Å². The number of anilines is 1. The van der Waals surface area contributed by atoms with Crippen LogP contribution in [-0.2, 0) is 14.8 Å². The first-order chi connectivity index (χ1) is 22.2. The SMILES string of the molecule is CNS(=O)(=O)c1cc(-c2cnc3c(n2)c(-c2cn(C4CCN(C(=O)OC(C)(C)C)CC4)nn2)cn3C(=O)O)cc(N2CCC[C@H]2C)c1. The molecule has 2 aliphatic heterocycles. The molecule has 2 N–H and O–H groups in total. The van der Waals surface area contributed by atoms with Crippen molar-refractivity contribution in [3.05, 3.63) is 36.8 Å². The van der Waals surface area contributed by atoms with Crippen LogP contribution < -0.4 is 9.62 Å². The van der Waals surface area contributed by atoms with Crippen molar-refractivity contribution in [2.75, 3.05) is 31.6 Å². The molecule has 5 heterocycles. The summed E-state index contributed by atoms with van der Waals surface area (Å²) in [5.41, 5.74) is 2.32. The number of carboxylic acid groups (broad SMARTS) is 1. The van der Waals surface area contributed by atoms with Crippen LogP contribution >= 0.6 is 0 Å². The minimum absolute atomic E-state index is 0.0207. The fraction of sp³-hybridized carbons (Fsp3) is 0.484. The van der Waals surface area contributed by atoms with Crippen LogP contribution in [0.25, 0.3) is 33.7 Å². The summed E-state index contributed by atoms with van der Waals surface area (Å²) in [6, 6.07) is 5.31. The molecule has 1 aromatic carbocycles. The molecule has 0 spiro atoms. The van der Waals surface area contributed by atoms with Gasteiger partial charge in [0.2, 0.25) is 10.0 Å². The molecule has 2 saturated heterocycles. The van der Waals surface area contributed by atoms with Crippen LogP contribution in [0.4, 0.5) is 15.3 Å². The third-order valence-electron chi connectivity index (χ3n) is 8.63.